The summed E-state index contributed by atoms with van der Waals surface area (Å²) in [5.41, 5.74) is 6.92. The fourth-order valence-corrected chi connectivity index (χ4v) is 2.98. The van der Waals surface area contributed by atoms with E-state index in [9.17, 15) is 4.79 Å². The number of carbonyl (C=O) groups excluding carboxylic acids is 1. The van der Waals surface area contributed by atoms with Crippen LogP contribution in [0.5, 0.6) is 0 Å². The van der Waals surface area contributed by atoms with Crippen molar-refractivity contribution in [1.29, 1.82) is 0 Å². The lowest BCUT2D eigenvalue weighted by atomic mass is 9.85. The lowest BCUT2D eigenvalue weighted by Gasteiger charge is -2.25. The first-order valence-electron chi connectivity index (χ1n) is 7.69. The quantitative estimate of drug-likeness (QED) is 0.862. The lowest BCUT2D eigenvalue weighted by Crippen LogP contribution is -2.37. The Morgan fingerprint density at radius 3 is 2.88 bits per heavy atom. The topological polar surface area (TPSA) is 85.8 Å². The van der Waals surface area contributed by atoms with E-state index in [1.54, 1.807) is 18.7 Å². The Labute approximate surface area is 154 Å². The molecule has 2 atom stereocenters. The molecule has 3 rings (SSSR count). The highest BCUT2D eigenvalue weighted by Gasteiger charge is 2.25. The van der Waals surface area contributed by atoms with Gasteiger partial charge in [-0.2, -0.15) is 0 Å². The van der Waals surface area contributed by atoms with Crippen LogP contribution in [0, 0.1) is 5.92 Å². The first-order chi connectivity index (χ1) is 10.7. The number of amides is 1. The van der Waals surface area contributed by atoms with E-state index in [1.807, 2.05) is 22.9 Å². The molecule has 3 N–H and O–H groups in total. The molecule has 2 unspecified atom stereocenters. The van der Waals surface area contributed by atoms with E-state index in [1.165, 1.54) is 0 Å². The zero-order valence-corrected chi connectivity index (χ0v) is 14.9. The van der Waals surface area contributed by atoms with Crippen LogP contribution in [-0.4, -0.2) is 26.5 Å². The van der Waals surface area contributed by atoms with Gasteiger partial charge in [0, 0.05) is 42.7 Å². The molecule has 8 heteroatoms. The number of pyridine rings is 1. The SMILES string of the molecule is Cl.Cl.NC1CCCC(C(=O)NCc2cccnc2-n2ccnc2)C1. The van der Waals surface area contributed by atoms with E-state index >= 15 is 0 Å². The van der Waals surface area contributed by atoms with E-state index < -0.39 is 0 Å². The number of halogens is 2. The molecule has 1 saturated carbocycles. The highest BCUT2D eigenvalue weighted by Crippen LogP contribution is 2.23. The molecule has 6 nitrogen and oxygen atoms in total. The standard InChI is InChI=1S/C16H21N5O.2ClH/c17-14-5-1-3-12(9-14)16(22)20-10-13-4-2-6-19-15(13)21-8-7-18-11-21;;/h2,4,6-8,11-12,14H,1,3,5,9-10,17H2,(H,20,22);2*1H. The van der Waals surface area contributed by atoms with Crippen molar-refractivity contribution in [3.05, 3.63) is 42.6 Å². The van der Waals surface area contributed by atoms with Crippen molar-refractivity contribution in [3.8, 4) is 5.82 Å². The molecular formula is C16H23Cl2N5O. The average Bonchev–Trinajstić information content (AvgIpc) is 3.07. The van der Waals surface area contributed by atoms with Crippen LogP contribution in [0.3, 0.4) is 0 Å². The third-order valence-corrected chi connectivity index (χ3v) is 4.16. The van der Waals surface area contributed by atoms with Gasteiger partial charge in [-0.3, -0.25) is 9.36 Å². The predicted molar refractivity (Wildman–Crippen MR) is 97.6 cm³/mol. The second-order valence-electron chi connectivity index (χ2n) is 5.80. The van der Waals surface area contributed by atoms with Gasteiger partial charge in [-0.05, 0) is 25.3 Å². The van der Waals surface area contributed by atoms with Gasteiger partial charge in [-0.1, -0.05) is 12.5 Å². The second kappa shape index (κ2) is 9.61. The molecule has 1 amide bonds. The van der Waals surface area contributed by atoms with E-state index in [0.717, 1.165) is 37.1 Å². The third-order valence-electron chi connectivity index (χ3n) is 4.16. The average molecular weight is 372 g/mol. The van der Waals surface area contributed by atoms with E-state index in [-0.39, 0.29) is 42.7 Å². The molecule has 1 aliphatic carbocycles. The van der Waals surface area contributed by atoms with Crippen LogP contribution in [0.25, 0.3) is 5.82 Å². The largest absolute Gasteiger partial charge is 0.352 e. The zero-order chi connectivity index (χ0) is 15.4. The molecule has 2 heterocycles. The van der Waals surface area contributed by atoms with Gasteiger partial charge in [0.1, 0.15) is 12.1 Å². The Kier molecular flexibility index (Phi) is 8.18. The Morgan fingerprint density at radius 2 is 2.17 bits per heavy atom. The van der Waals surface area contributed by atoms with Gasteiger partial charge >= 0.3 is 0 Å². The van der Waals surface area contributed by atoms with Gasteiger partial charge in [-0.25, -0.2) is 9.97 Å². The van der Waals surface area contributed by atoms with E-state index in [2.05, 4.69) is 15.3 Å². The normalized spacial score (nSPS) is 19.7. The molecule has 2 aromatic heterocycles. The van der Waals surface area contributed by atoms with Gasteiger partial charge < -0.3 is 11.1 Å². The van der Waals surface area contributed by atoms with Crippen molar-refractivity contribution in [2.75, 3.05) is 0 Å². The third kappa shape index (κ3) is 4.93. The van der Waals surface area contributed by atoms with Crippen molar-refractivity contribution in [1.82, 2.24) is 19.9 Å². The summed E-state index contributed by atoms with van der Waals surface area (Å²) in [7, 11) is 0. The predicted octanol–water partition coefficient (Wildman–Crippen LogP) is 2.24. The molecule has 0 bridgehead atoms. The summed E-state index contributed by atoms with van der Waals surface area (Å²) in [5, 5.41) is 3.02. The summed E-state index contributed by atoms with van der Waals surface area (Å²) >= 11 is 0. The summed E-state index contributed by atoms with van der Waals surface area (Å²) < 4.78 is 1.85. The molecule has 132 valence electrons. The number of aromatic nitrogens is 3. The van der Waals surface area contributed by atoms with Crippen LogP contribution in [-0.2, 0) is 11.3 Å². The summed E-state index contributed by atoms with van der Waals surface area (Å²) in [5.74, 6) is 0.924. The van der Waals surface area contributed by atoms with Crippen LogP contribution in [0.2, 0.25) is 0 Å². The first kappa shape index (κ1) is 20.4. The molecule has 0 radical (unpaired) electrons. The number of rotatable bonds is 4. The number of carbonyl (C=O) groups is 1. The molecule has 0 saturated heterocycles. The van der Waals surface area contributed by atoms with E-state index in [0.29, 0.717) is 6.54 Å². The fourth-order valence-electron chi connectivity index (χ4n) is 2.98. The highest BCUT2D eigenvalue weighted by atomic mass is 35.5. The number of nitrogens with two attached hydrogens (primary N) is 1. The number of hydrogen-bond acceptors (Lipinski definition) is 4. The minimum atomic E-state index is 0. The Hall–Kier alpha value is -1.63. The van der Waals surface area contributed by atoms with Gasteiger partial charge in [0.15, 0.2) is 0 Å². The van der Waals surface area contributed by atoms with E-state index in [4.69, 9.17) is 5.73 Å². The maximum atomic E-state index is 12.3. The number of nitrogens with one attached hydrogen (secondary N) is 1. The van der Waals surface area contributed by atoms with Crippen molar-refractivity contribution >= 4 is 30.7 Å². The van der Waals surface area contributed by atoms with Crippen molar-refractivity contribution < 1.29 is 4.79 Å². The summed E-state index contributed by atoms with van der Waals surface area (Å²) in [4.78, 5) is 20.7. The maximum absolute atomic E-state index is 12.3. The molecule has 2 aromatic rings. The highest BCUT2D eigenvalue weighted by molar-refractivity contribution is 5.85. The molecule has 24 heavy (non-hydrogen) atoms. The van der Waals surface area contributed by atoms with Gasteiger partial charge in [-0.15, -0.1) is 24.8 Å². The first-order valence-corrected chi connectivity index (χ1v) is 7.69. The fraction of sp³-hybridized carbons (Fsp3) is 0.438. The molecular weight excluding hydrogens is 349 g/mol. The Bertz CT molecular complexity index is 635. The lowest BCUT2D eigenvalue weighted by molar-refractivity contribution is -0.126. The maximum Gasteiger partial charge on any atom is 0.223 e. The zero-order valence-electron chi connectivity index (χ0n) is 13.3. The molecule has 0 spiro atoms. The number of hydrogen-bond donors (Lipinski definition) is 2. The van der Waals surface area contributed by atoms with Gasteiger partial charge in [0.05, 0.1) is 0 Å². The van der Waals surface area contributed by atoms with Crippen molar-refractivity contribution in [2.45, 2.75) is 38.3 Å². The van der Waals surface area contributed by atoms with Crippen LogP contribution >= 0.6 is 24.8 Å². The molecule has 0 aromatic carbocycles. The summed E-state index contributed by atoms with van der Waals surface area (Å²) in [6.45, 7) is 0.464. The molecule has 0 aliphatic heterocycles. The van der Waals surface area contributed by atoms with Crippen LogP contribution in [0.15, 0.2) is 37.1 Å². The van der Waals surface area contributed by atoms with Gasteiger partial charge in [0.2, 0.25) is 5.91 Å². The monoisotopic (exact) mass is 371 g/mol. The smallest absolute Gasteiger partial charge is 0.223 e. The Morgan fingerprint density at radius 1 is 1.33 bits per heavy atom. The molecule has 1 fully saturated rings. The Balaban J connectivity index is 0.00000144. The van der Waals surface area contributed by atoms with Crippen LogP contribution in [0.4, 0.5) is 0 Å². The minimum absolute atomic E-state index is 0. The van der Waals surface area contributed by atoms with Crippen molar-refractivity contribution in [2.24, 2.45) is 11.7 Å². The van der Waals surface area contributed by atoms with Crippen LogP contribution in [0.1, 0.15) is 31.2 Å². The minimum Gasteiger partial charge on any atom is -0.352 e. The molecule has 1 aliphatic rings. The number of imidazole rings is 1. The number of nitrogens with zero attached hydrogens (tertiary/aromatic N) is 3. The second-order valence-corrected chi connectivity index (χ2v) is 5.80. The van der Waals surface area contributed by atoms with Crippen LogP contribution < -0.4 is 11.1 Å². The van der Waals surface area contributed by atoms with Gasteiger partial charge in [0.25, 0.3) is 0 Å². The van der Waals surface area contributed by atoms with Crippen molar-refractivity contribution in [3.63, 3.8) is 0 Å². The summed E-state index contributed by atoms with van der Waals surface area (Å²) in [6.07, 6.45) is 10.8. The summed E-state index contributed by atoms with van der Waals surface area (Å²) in [6, 6.07) is 4.00.